The Labute approximate surface area is 131 Å². The fourth-order valence-corrected chi connectivity index (χ4v) is 3.40. The van der Waals surface area contributed by atoms with Crippen molar-refractivity contribution in [3.8, 4) is 0 Å². The summed E-state index contributed by atoms with van der Waals surface area (Å²) >= 11 is 0. The molecule has 118 valence electrons. The van der Waals surface area contributed by atoms with Crippen LogP contribution in [0, 0.1) is 5.92 Å². The van der Waals surface area contributed by atoms with Crippen molar-refractivity contribution in [1.82, 2.24) is 10.3 Å². The summed E-state index contributed by atoms with van der Waals surface area (Å²) in [6, 6.07) is 5.94. The van der Waals surface area contributed by atoms with Gasteiger partial charge in [0.25, 0.3) is 0 Å². The number of aromatic nitrogens is 1. The van der Waals surface area contributed by atoms with Gasteiger partial charge in [0, 0.05) is 30.8 Å². The zero-order valence-electron chi connectivity index (χ0n) is 12.9. The Morgan fingerprint density at radius 2 is 2.27 bits per heavy atom. The molecule has 1 heterocycles. The highest BCUT2D eigenvalue weighted by Gasteiger charge is 2.35. The largest absolute Gasteiger partial charge is 0.393 e. The first-order chi connectivity index (χ1) is 10.7. The summed E-state index contributed by atoms with van der Waals surface area (Å²) in [4.78, 5) is 16.7. The van der Waals surface area contributed by atoms with Crippen molar-refractivity contribution in [3.63, 3.8) is 0 Å². The molecule has 2 aliphatic rings. The van der Waals surface area contributed by atoms with Crippen LogP contribution in [0.25, 0.3) is 0 Å². The summed E-state index contributed by atoms with van der Waals surface area (Å²) < 4.78 is 0. The van der Waals surface area contributed by atoms with Crippen LogP contribution in [0.15, 0.2) is 36.0 Å². The van der Waals surface area contributed by atoms with Gasteiger partial charge < -0.3 is 10.4 Å². The maximum Gasteiger partial charge on any atom is 0.224 e. The lowest BCUT2D eigenvalue weighted by molar-refractivity contribution is -0.122. The van der Waals surface area contributed by atoms with E-state index in [9.17, 15) is 9.90 Å². The number of aliphatic hydroxyl groups is 1. The van der Waals surface area contributed by atoms with Gasteiger partial charge in [0.05, 0.1) is 6.10 Å². The van der Waals surface area contributed by atoms with Crippen LogP contribution in [0.1, 0.15) is 44.2 Å². The highest BCUT2D eigenvalue weighted by Crippen LogP contribution is 2.31. The molecule has 0 saturated heterocycles. The number of nitrogens with zero attached hydrogens (tertiary/aromatic N) is 1. The van der Waals surface area contributed by atoms with Crippen LogP contribution in [-0.2, 0) is 11.2 Å². The molecule has 1 aromatic rings. The fraction of sp³-hybridized carbons (Fsp3) is 0.556. The molecule has 1 atom stereocenters. The number of allylic oxidation sites excluding steroid dienone is 1. The summed E-state index contributed by atoms with van der Waals surface area (Å²) in [6.45, 7) is 0. The van der Waals surface area contributed by atoms with Crippen molar-refractivity contribution >= 4 is 5.91 Å². The molecule has 3 rings (SSSR count). The molecule has 0 bridgehead atoms. The Bertz CT molecular complexity index is 535. The minimum Gasteiger partial charge on any atom is -0.393 e. The highest BCUT2D eigenvalue weighted by atomic mass is 16.3. The van der Waals surface area contributed by atoms with Gasteiger partial charge in [-0.1, -0.05) is 17.7 Å². The Morgan fingerprint density at radius 1 is 1.41 bits per heavy atom. The van der Waals surface area contributed by atoms with Gasteiger partial charge in [0.1, 0.15) is 0 Å². The number of carbonyl (C=O) groups is 1. The Hall–Kier alpha value is -1.68. The quantitative estimate of drug-likeness (QED) is 0.793. The number of hydrogen-bond donors (Lipinski definition) is 2. The van der Waals surface area contributed by atoms with Crippen molar-refractivity contribution in [2.45, 2.75) is 57.1 Å². The van der Waals surface area contributed by atoms with Gasteiger partial charge in [-0.25, -0.2) is 0 Å². The minimum absolute atomic E-state index is 0.0767. The van der Waals surface area contributed by atoms with Crippen molar-refractivity contribution in [2.24, 2.45) is 5.92 Å². The third-order valence-corrected chi connectivity index (χ3v) is 4.74. The molecule has 1 fully saturated rings. The fourth-order valence-electron chi connectivity index (χ4n) is 3.40. The van der Waals surface area contributed by atoms with Crippen LogP contribution >= 0.6 is 0 Å². The maximum atomic E-state index is 12.3. The smallest absolute Gasteiger partial charge is 0.224 e. The molecule has 1 saturated carbocycles. The summed E-state index contributed by atoms with van der Waals surface area (Å²) in [7, 11) is 0. The molecular weight excluding hydrogens is 276 g/mol. The average Bonchev–Trinajstić information content (AvgIpc) is 2.97. The van der Waals surface area contributed by atoms with E-state index in [1.165, 1.54) is 12.0 Å². The molecule has 22 heavy (non-hydrogen) atoms. The van der Waals surface area contributed by atoms with E-state index in [0.717, 1.165) is 37.8 Å². The molecule has 0 unspecified atom stereocenters. The number of carbonyl (C=O) groups excluding carboxylic acids is 1. The van der Waals surface area contributed by atoms with Crippen LogP contribution in [0.2, 0.25) is 0 Å². The topological polar surface area (TPSA) is 62.2 Å². The summed E-state index contributed by atoms with van der Waals surface area (Å²) in [6.07, 6.45) is 9.93. The maximum absolute atomic E-state index is 12.3. The van der Waals surface area contributed by atoms with Crippen LogP contribution in [0.4, 0.5) is 0 Å². The van der Waals surface area contributed by atoms with Gasteiger partial charge in [-0.15, -0.1) is 0 Å². The first-order valence-corrected chi connectivity index (χ1v) is 8.26. The highest BCUT2D eigenvalue weighted by molar-refractivity contribution is 5.79. The van der Waals surface area contributed by atoms with Gasteiger partial charge in [-0.05, 0) is 50.2 Å². The molecule has 1 aromatic heterocycles. The van der Waals surface area contributed by atoms with Crippen molar-refractivity contribution in [3.05, 3.63) is 41.7 Å². The predicted molar refractivity (Wildman–Crippen MR) is 85.2 cm³/mol. The zero-order valence-corrected chi connectivity index (χ0v) is 12.9. The summed E-state index contributed by atoms with van der Waals surface area (Å²) in [5.74, 6) is 0.467. The molecule has 0 radical (unpaired) electrons. The molecule has 1 amide bonds. The minimum atomic E-state index is -0.203. The van der Waals surface area contributed by atoms with Crippen LogP contribution in [-0.4, -0.2) is 28.1 Å². The lowest BCUT2D eigenvalue weighted by Crippen LogP contribution is -2.48. The Balaban J connectivity index is 1.59. The van der Waals surface area contributed by atoms with Crippen LogP contribution in [0.3, 0.4) is 0 Å². The van der Waals surface area contributed by atoms with Crippen LogP contribution < -0.4 is 5.32 Å². The standard InChI is InChI=1S/C18H24N2O2/c21-16-10-14(11-16)17(12-15-7-3-4-8-19-15)20-18(22)9-13-5-1-2-6-13/h3-5,7-8,14,16-17,21H,1-2,6,9-12H2,(H,20,22)/t14?,16?,17-/m0/s1. The molecule has 0 aromatic carbocycles. The van der Waals surface area contributed by atoms with E-state index in [2.05, 4.69) is 16.4 Å². The molecule has 0 aliphatic heterocycles. The van der Waals surface area contributed by atoms with Gasteiger partial charge in [0.2, 0.25) is 5.91 Å². The second-order valence-corrected chi connectivity index (χ2v) is 6.52. The number of hydrogen-bond acceptors (Lipinski definition) is 3. The first kappa shape index (κ1) is 15.2. The van der Waals surface area contributed by atoms with Crippen molar-refractivity contribution in [1.29, 1.82) is 0 Å². The number of aliphatic hydroxyl groups excluding tert-OH is 1. The van der Waals surface area contributed by atoms with E-state index in [-0.39, 0.29) is 18.1 Å². The average molecular weight is 300 g/mol. The SMILES string of the molecule is O=C(CC1=CCCC1)N[C@@H](Cc1ccccn1)C1CC(O)C1. The molecule has 0 spiro atoms. The third kappa shape index (κ3) is 3.95. The lowest BCUT2D eigenvalue weighted by Gasteiger charge is -2.38. The van der Waals surface area contributed by atoms with E-state index >= 15 is 0 Å². The summed E-state index contributed by atoms with van der Waals surface area (Å²) in [5, 5.41) is 12.7. The second-order valence-electron chi connectivity index (χ2n) is 6.52. The van der Waals surface area contributed by atoms with E-state index in [1.54, 1.807) is 6.20 Å². The predicted octanol–water partition coefficient (Wildman–Crippen LogP) is 2.38. The van der Waals surface area contributed by atoms with Crippen molar-refractivity contribution < 1.29 is 9.90 Å². The third-order valence-electron chi connectivity index (χ3n) is 4.74. The van der Waals surface area contributed by atoms with Gasteiger partial charge >= 0.3 is 0 Å². The molecule has 4 heteroatoms. The number of amides is 1. The Morgan fingerprint density at radius 3 is 2.91 bits per heavy atom. The van der Waals surface area contributed by atoms with E-state index in [4.69, 9.17) is 0 Å². The number of nitrogens with one attached hydrogen (secondary N) is 1. The number of rotatable bonds is 6. The Kier molecular flexibility index (Phi) is 4.88. The monoisotopic (exact) mass is 300 g/mol. The normalized spacial score (nSPS) is 25.2. The molecular formula is C18H24N2O2. The van der Waals surface area contributed by atoms with E-state index < -0.39 is 0 Å². The first-order valence-electron chi connectivity index (χ1n) is 8.26. The molecule has 2 aliphatic carbocycles. The van der Waals surface area contributed by atoms with Crippen molar-refractivity contribution in [2.75, 3.05) is 0 Å². The zero-order chi connectivity index (χ0) is 15.4. The van der Waals surface area contributed by atoms with E-state index in [1.807, 2.05) is 18.2 Å². The van der Waals surface area contributed by atoms with Gasteiger partial charge in [0.15, 0.2) is 0 Å². The van der Waals surface area contributed by atoms with Crippen LogP contribution in [0.5, 0.6) is 0 Å². The lowest BCUT2D eigenvalue weighted by atomic mass is 9.76. The molecule has 4 nitrogen and oxygen atoms in total. The second kappa shape index (κ2) is 7.05. The van der Waals surface area contributed by atoms with Gasteiger partial charge in [-0.3, -0.25) is 9.78 Å². The summed E-state index contributed by atoms with van der Waals surface area (Å²) in [5.41, 5.74) is 2.26. The number of pyridine rings is 1. The van der Waals surface area contributed by atoms with E-state index in [0.29, 0.717) is 12.3 Å². The molecule has 2 N–H and O–H groups in total. The van der Waals surface area contributed by atoms with Gasteiger partial charge in [-0.2, -0.15) is 0 Å².